The van der Waals surface area contributed by atoms with E-state index in [1.165, 1.54) is 19.2 Å². The Kier molecular flexibility index (Phi) is 5.53. The molecule has 6 heteroatoms. The molecule has 0 bridgehead atoms. The third-order valence-electron chi connectivity index (χ3n) is 3.90. The van der Waals surface area contributed by atoms with Crippen molar-refractivity contribution in [3.8, 4) is 5.75 Å². The number of hydrogen-bond acceptors (Lipinski definition) is 4. The molecular weight excluding hydrogens is 333 g/mol. The molecule has 2 aromatic heterocycles. The first-order chi connectivity index (χ1) is 12.7. The first-order valence-corrected chi connectivity index (χ1v) is 8.08. The van der Waals surface area contributed by atoms with Gasteiger partial charge in [0.1, 0.15) is 0 Å². The molecule has 1 amide bonds. The van der Waals surface area contributed by atoms with Crippen molar-refractivity contribution in [2.24, 2.45) is 0 Å². The zero-order valence-electron chi connectivity index (χ0n) is 14.3. The molecule has 0 atom stereocenters. The van der Waals surface area contributed by atoms with Crippen LogP contribution in [0.2, 0.25) is 0 Å². The lowest BCUT2D eigenvalue weighted by molar-refractivity contribution is 0.0729. The van der Waals surface area contributed by atoms with Crippen LogP contribution < -0.4 is 4.74 Å². The molecule has 0 saturated carbocycles. The maximum Gasteiger partial charge on any atom is 0.254 e. The van der Waals surface area contributed by atoms with Gasteiger partial charge in [0.2, 0.25) is 0 Å². The number of hydrogen-bond donors (Lipinski definition) is 0. The normalized spacial score (nSPS) is 10.4. The van der Waals surface area contributed by atoms with Gasteiger partial charge in [-0.05, 0) is 47.5 Å². The predicted molar refractivity (Wildman–Crippen MR) is 95.0 cm³/mol. The first kappa shape index (κ1) is 17.5. The minimum atomic E-state index is -0.566. The minimum Gasteiger partial charge on any atom is -0.494 e. The van der Waals surface area contributed by atoms with Gasteiger partial charge in [-0.1, -0.05) is 6.07 Å². The Labute approximate surface area is 151 Å². The molecule has 0 aliphatic carbocycles. The average Bonchev–Trinajstić information content (AvgIpc) is 2.68. The number of ether oxygens (including phenoxy) is 1. The number of rotatable bonds is 6. The molecule has 0 aliphatic rings. The molecule has 0 unspecified atom stereocenters. The standard InChI is InChI=1S/C20H18FN3O2/c1-26-19-5-4-17(11-18(19)21)20(25)24(13-15-6-9-22-10-7-15)14-16-3-2-8-23-12-16/h2-12H,13-14H2,1H3. The monoisotopic (exact) mass is 351 g/mol. The van der Waals surface area contributed by atoms with Crippen molar-refractivity contribution in [3.05, 3.63) is 89.8 Å². The maximum absolute atomic E-state index is 14.0. The summed E-state index contributed by atoms with van der Waals surface area (Å²) in [6.07, 6.45) is 6.74. The molecule has 0 spiro atoms. The van der Waals surface area contributed by atoms with E-state index in [1.807, 2.05) is 24.3 Å². The van der Waals surface area contributed by atoms with Crippen LogP contribution in [0.3, 0.4) is 0 Å². The van der Waals surface area contributed by atoms with Crippen LogP contribution in [0.25, 0.3) is 0 Å². The zero-order chi connectivity index (χ0) is 18.4. The van der Waals surface area contributed by atoms with Gasteiger partial charge >= 0.3 is 0 Å². The highest BCUT2D eigenvalue weighted by molar-refractivity contribution is 5.94. The van der Waals surface area contributed by atoms with Crippen molar-refractivity contribution in [1.29, 1.82) is 0 Å². The van der Waals surface area contributed by atoms with Gasteiger partial charge in [0.15, 0.2) is 11.6 Å². The Balaban J connectivity index is 1.88. The Morgan fingerprint density at radius 3 is 2.46 bits per heavy atom. The summed E-state index contributed by atoms with van der Waals surface area (Å²) >= 11 is 0. The lowest BCUT2D eigenvalue weighted by Crippen LogP contribution is -2.30. The maximum atomic E-state index is 14.0. The van der Waals surface area contributed by atoms with Gasteiger partial charge in [0.25, 0.3) is 5.91 Å². The quantitative estimate of drug-likeness (QED) is 0.682. The van der Waals surface area contributed by atoms with Crippen LogP contribution in [0.4, 0.5) is 4.39 Å². The molecule has 3 aromatic rings. The van der Waals surface area contributed by atoms with Crippen LogP contribution in [-0.2, 0) is 13.1 Å². The van der Waals surface area contributed by atoms with Crippen LogP contribution in [0.15, 0.2) is 67.3 Å². The number of aromatic nitrogens is 2. The van der Waals surface area contributed by atoms with Crippen LogP contribution in [0, 0.1) is 5.82 Å². The van der Waals surface area contributed by atoms with Crippen molar-refractivity contribution in [1.82, 2.24) is 14.9 Å². The molecule has 3 rings (SSSR count). The van der Waals surface area contributed by atoms with Crippen molar-refractivity contribution in [3.63, 3.8) is 0 Å². The Bertz CT molecular complexity index is 831. The van der Waals surface area contributed by atoms with Crippen molar-refractivity contribution in [2.45, 2.75) is 13.1 Å². The van der Waals surface area contributed by atoms with Crippen molar-refractivity contribution < 1.29 is 13.9 Å². The number of methoxy groups -OCH3 is 1. The smallest absolute Gasteiger partial charge is 0.254 e. The van der Waals surface area contributed by atoms with Gasteiger partial charge in [-0.3, -0.25) is 14.8 Å². The zero-order valence-corrected chi connectivity index (χ0v) is 14.3. The van der Waals surface area contributed by atoms with E-state index in [9.17, 15) is 9.18 Å². The average molecular weight is 351 g/mol. The van der Waals surface area contributed by atoms with Crippen LogP contribution in [0.5, 0.6) is 5.75 Å². The molecule has 0 aliphatic heterocycles. The lowest BCUT2D eigenvalue weighted by Gasteiger charge is -2.23. The van der Waals surface area contributed by atoms with Gasteiger partial charge < -0.3 is 9.64 Å². The summed E-state index contributed by atoms with van der Waals surface area (Å²) in [5, 5.41) is 0. The first-order valence-electron chi connectivity index (χ1n) is 8.08. The van der Waals surface area contributed by atoms with Gasteiger partial charge in [0.05, 0.1) is 7.11 Å². The molecule has 0 N–H and O–H groups in total. The molecule has 132 valence electrons. The van der Waals surface area contributed by atoms with Crippen LogP contribution >= 0.6 is 0 Å². The second-order valence-electron chi connectivity index (χ2n) is 5.73. The summed E-state index contributed by atoms with van der Waals surface area (Å²) in [6, 6.07) is 11.6. The molecule has 26 heavy (non-hydrogen) atoms. The summed E-state index contributed by atoms with van der Waals surface area (Å²) < 4.78 is 18.9. The summed E-state index contributed by atoms with van der Waals surface area (Å²) in [4.78, 5) is 22.7. The van der Waals surface area contributed by atoms with Crippen molar-refractivity contribution in [2.75, 3.05) is 7.11 Å². The van der Waals surface area contributed by atoms with Gasteiger partial charge in [-0.15, -0.1) is 0 Å². The second-order valence-corrected chi connectivity index (χ2v) is 5.73. The Morgan fingerprint density at radius 1 is 1.04 bits per heavy atom. The third kappa shape index (κ3) is 4.22. The fourth-order valence-corrected chi connectivity index (χ4v) is 2.60. The fraction of sp³-hybridized carbons (Fsp3) is 0.150. The van der Waals surface area contributed by atoms with E-state index in [0.29, 0.717) is 13.1 Å². The largest absolute Gasteiger partial charge is 0.494 e. The van der Waals surface area contributed by atoms with E-state index >= 15 is 0 Å². The highest BCUT2D eigenvalue weighted by atomic mass is 19.1. The molecule has 0 saturated heterocycles. The molecule has 1 aromatic carbocycles. The van der Waals surface area contributed by atoms with Gasteiger partial charge in [-0.25, -0.2) is 4.39 Å². The predicted octanol–water partition coefficient (Wildman–Crippen LogP) is 3.47. The van der Waals surface area contributed by atoms with E-state index in [4.69, 9.17) is 4.74 Å². The van der Waals surface area contributed by atoms with E-state index in [-0.39, 0.29) is 17.2 Å². The van der Waals surface area contributed by atoms with Gasteiger partial charge in [0, 0.05) is 43.4 Å². The van der Waals surface area contributed by atoms with Crippen LogP contribution in [-0.4, -0.2) is 27.9 Å². The molecule has 0 radical (unpaired) electrons. The Hall–Kier alpha value is -3.28. The number of carbonyl (C=O) groups is 1. The molecule has 5 nitrogen and oxygen atoms in total. The number of amides is 1. The highest BCUT2D eigenvalue weighted by Crippen LogP contribution is 2.20. The second kappa shape index (κ2) is 8.20. The number of halogens is 1. The third-order valence-corrected chi connectivity index (χ3v) is 3.90. The summed E-state index contributed by atoms with van der Waals surface area (Å²) in [7, 11) is 1.39. The molecule has 2 heterocycles. The SMILES string of the molecule is COc1ccc(C(=O)N(Cc2ccncc2)Cc2cccnc2)cc1F. The Morgan fingerprint density at radius 2 is 1.81 bits per heavy atom. The topological polar surface area (TPSA) is 55.3 Å². The van der Waals surface area contributed by atoms with E-state index in [2.05, 4.69) is 9.97 Å². The molecule has 0 fully saturated rings. The highest BCUT2D eigenvalue weighted by Gasteiger charge is 2.18. The van der Waals surface area contributed by atoms with E-state index in [1.54, 1.807) is 35.8 Å². The summed E-state index contributed by atoms with van der Waals surface area (Å²) in [5.41, 5.74) is 2.09. The number of carbonyl (C=O) groups excluding carboxylic acids is 1. The number of pyridine rings is 2. The van der Waals surface area contributed by atoms with Crippen molar-refractivity contribution >= 4 is 5.91 Å². The van der Waals surface area contributed by atoms with Gasteiger partial charge in [-0.2, -0.15) is 0 Å². The lowest BCUT2D eigenvalue weighted by atomic mass is 10.1. The minimum absolute atomic E-state index is 0.106. The van der Waals surface area contributed by atoms with Crippen LogP contribution in [0.1, 0.15) is 21.5 Å². The summed E-state index contributed by atoms with van der Waals surface area (Å²) in [6.45, 7) is 0.743. The molecular formula is C20H18FN3O2. The number of benzene rings is 1. The van der Waals surface area contributed by atoms with E-state index in [0.717, 1.165) is 11.1 Å². The van der Waals surface area contributed by atoms with E-state index < -0.39 is 5.82 Å². The number of nitrogens with zero attached hydrogens (tertiary/aromatic N) is 3. The fourth-order valence-electron chi connectivity index (χ4n) is 2.60. The summed E-state index contributed by atoms with van der Waals surface area (Å²) in [5.74, 6) is -0.731.